The quantitative estimate of drug-likeness (QED) is 0.310. The lowest BCUT2D eigenvalue weighted by atomic mass is 10.1. The number of nitrogens with two attached hydrogens (primary N) is 1. The number of ether oxygens (including phenoxy) is 1. The van der Waals surface area contributed by atoms with Gasteiger partial charge in [-0.1, -0.05) is 0 Å². The Balaban J connectivity index is 0.000000298. The van der Waals surface area contributed by atoms with Gasteiger partial charge in [0.15, 0.2) is 22.0 Å². The van der Waals surface area contributed by atoms with Crippen LogP contribution in [0.1, 0.15) is 6.23 Å². The number of rotatable bonds is 4. The van der Waals surface area contributed by atoms with Crippen molar-refractivity contribution in [1.82, 2.24) is 19.5 Å². The molecule has 0 amide bonds. The van der Waals surface area contributed by atoms with Crippen molar-refractivity contribution in [2.24, 2.45) is 0 Å². The minimum Gasteiger partial charge on any atom is -0.394 e. The fraction of sp³-hybridized carbons (Fsp3) is 0.500. The van der Waals surface area contributed by atoms with Gasteiger partial charge in [-0.15, -0.1) is 9.79 Å². The SMILES string of the molecule is Nc1ncnc2c1ncn2[C@@H]1O[C@H](CO)[C@@H](O)[C@H]1O.O=[P+](O)O[P+](=O)O. The molecule has 16 heteroatoms. The number of hydrogen-bond donors (Lipinski definition) is 6. The van der Waals surface area contributed by atoms with Crippen molar-refractivity contribution in [1.29, 1.82) is 0 Å². The van der Waals surface area contributed by atoms with Crippen molar-refractivity contribution < 1.29 is 43.3 Å². The second kappa shape index (κ2) is 8.77. The van der Waals surface area contributed by atoms with Crippen molar-refractivity contribution in [2.45, 2.75) is 24.5 Å². The number of fused-ring (bicyclic) bond motifs is 1. The van der Waals surface area contributed by atoms with Crippen LogP contribution < -0.4 is 5.73 Å². The minimum atomic E-state index is -2.92. The molecule has 1 fully saturated rings. The molecule has 0 saturated carbocycles. The Morgan fingerprint density at radius 1 is 1.19 bits per heavy atom. The summed E-state index contributed by atoms with van der Waals surface area (Å²) < 4.78 is 29.0. The zero-order chi connectivity index (χ0) is 19.4. The fourth-order valence-corrected chi connectivity index (χ4v) is 2.70. The zero-order valence-corrected chi connectivity index (χ0v) is 14.6. The number of aliphatic hydroxyl groups excluding tert-OH is 3. The molecule has 0 spiro atoms. The monoisotopic (exact) mass is 411 g/mol. The third-order valence-electron chi connectivity index (χ3n) is 3.32. The second-order valence-electron chi connectivity index (χ2n) is 4.87. The lowest BCUT2D eigenvalue weighted by Gasteiger charge is -2.16. The van der Waals surface area contributed by atoms with E-state index >= 15 is 0 Å². The van der Waals surface area contributed by atoms with E-state index in [1.165, 1.54) is 17.2 Å². The minimum absolute atomic E-state index is 0.218. The molecule has 26 heavy (non-hydrogen) atoms. The third kappa shape index (κ3) is 4.51. The number of nitrogens with zero attached hydrogens (tertiary/aromatic N) is 4. The highest BCUT2D eigenvalue weighted by Crippen LogP contribution is 2.32. The topological polar surface area (TPSA) is 223 Å². The van der Waals surface area contributed by atoms with Crippen molar-refractivity contribution in [3.63, 3.8) is 0 Å². The van der Waals surface area contributed by atoms with E-state index in [0.717, 1.165) is 0 Å². The van der Waals surface area contributed by atoms with Crippen LogP contribution in [0.4, 0.5) is 5.82 Å². The number of anilines is 1. The molecule has 2 aromatic heterocycles. The van der Waals surface area contributed by atoms with Gasteiger partial charge in [0.1, 0.15) is 30.2 Å². The van der Waals surface area contributed by atoms with Crippen LogP contribution in [0, 0.1) is 0 Å². The average molecular weight is 411 g/mol. The molecule has 2 unspecified atom stereocenters. The molecule has 2 aromatic rings. The predicted octanol–water partition coefficient (Wildman–Crippen LogP) is -1.68. The number of nitrogen functional groups attached to an aromatic ring is 1. The summed E-state index contributed by atoms with van der Waals surface area (Å²) in [7, 11) is -5.85. The molecule has 0 aliphatic carbocycles. The number of aromatic nitrogens is 4. The van der Waals surface area contributed by atoms with Crippen molar-refractivity contribution >= 4 is 33.5 Å². The molecular formula is C10H15N5O9P2+2. The maximum atomic E-state index is 9.95. The first-order valence-electron chi connectivity index (χ1n) is 6.82. The van der Waals surface area contributed by atoms with Crippen molar-refractivity contribution in [2.75, 3.05) is 12.3 Å². The molecule has 142 valence electrons. The molecule has 7 N–H and O–H groups in total. The molecule has 14 nitrogen and oxygen atoms in total. The third-order valence-corrected chi connectivity index (χ3v) is 4.44. The Morgan fingerprint density at radius 3 is 2.35 bits per heavy atom. The molecule has 3 heterocycles. The highest BCUT2D eigenvalue weighted by molar-refractivity contribution is 7.46. The molecule has 0 bridgehead atoms. The first-order valence-corrected chi connectivity index (χ1v) is 9.08. The summed E-state index contributed by atoms with van der Waals surface area (Å²) in [6.07, 6.45) is -1.42. The van der Waals surface area contributed by atoms with E-state index in [-0.39, 0.29) is 5.82 Å². The average Bonchev–Trinajstić information content (AvgIpc) is 3.10. The second-order valence-corrected chi connectivity index (χ2v) is 6.47. The van der Waals surface area contributed by atoms with Crippen LogP contribution in [0.2, 0.25) is 0 Å². The lowest BCUT2D eigenvalue weighted by molar-refractivity contribution is -0.0511. The number of imidazole rings is 1. The van der Waals surface area contributed by atoms with Gasteiger partial charge >= 0.3 is 16.5 Å². The molecule has 6 atom stereocenters. The Hall–Kier alpha value is -1.73. The number of aliphatic hydroxyl groups is 3. The van der Waals surface area contributed by atoms with Crippen LogP contribution in [0.3, 0.4) is 0 Å². The molecule has 0 radical (unpaired) electrons. The normalized spacial score (nSPS) is 26.3. The van der Waals surface area contributed by atoms with Crippen LogP contribution in [0.25, 0.3) is 11.2 Å². The van der Waals surface area contributed by atoms with E-state index in [9.17, 15) is 19.3 Å². The molecule has 1 aliphatic heterocycles. The zero-order valence-electron chi connectivity index (χ0n) is 12.8. The Morgan fingerprint density at radius 2 is 1.85 bits per heavy atom. The smallest absolute Gasteiger partial charge is 0.394 e. The summed E-state index contributed by atoms with van der Waals surface area (Å²) in [6, 6.07) is 0. The van der Waals surface area contributed by atoms with E-state index in [4.69, 9.17) is 25.4 Å². The van der Waals surface area contributed by atoms with Gasteiger partial charge in [-0.05, 0) is 0 Å². The summed E-state index contributed by atoms with van der Waals surface area (Å²) in [5.41, 5.74) is 6.44. The van der Waals surface area contributed by atoms with Crippen LogP contribution in [0.15, 0.2) is 12.7 Å². The summed E-state index contributed by atoms with van der Waals surface area (Å²) in [5, 5.41) is 28.7. The van der Waals surface area contributed by atoms with Crippen LogP contribution in [-0.4, -0.2) is 69.5 Å². The molecular weight excluding hydrogens is 396 g/mol. The summed E-state index contributed by atoms with van der Waals surface area (Å²) in [6.45, 7) is -0.390. The Bertz CT molecular complexity index is 792. The molecule has 1 aliphatic rings. The molecule has 1 saturated heterocycles. The summed E-state index contributed by atoms with van der Waals surface area (Å²) in [5.74, 6) is 0.218. The summed E-state index contributed by atoms with van der Waals surface area (Å²) >= 11 is 0. The van der Waals surface area contributed by atoms with E-state index < -0.39 is 47.7 Å². The largest absolute Gasteiger partial charge is 0.745 e. The van der Waals surface area contributed by atoms with E-state index in [1.54, 1.807) is 0 Å². The maximum absolute atomic E-state index is 9.95. The van der Waals surface area contributed by atoms with Crippen LogP contribution in [0.5, 0.6) is 0 Å². The maximum Gasteiger partial charge on any atom is 0.745 e. The van der Waals surface area contributed by atoms with Gasteiger partial charge in [0.05, 0.1) is 12.9 Å². The summed E-state index contributed by atoms with van der Waals surface area (Å²) in [4.78, 5) is 27.2. The van der Waals surface area contributed by atoms with Gasteiger partial charge in [0.25, 0.3) is 0 Å². The first kappa shape index (κ1) is 20.6. The van der Waals surface area contributed by atoms with Crippen LogP contribution >= 0.6 is 16.5 Å². The predicted molar refractivity (Wildman–Crippen MR) is 83.5 cm³/mol. The Kier molecular flexibility index (Phi) is 6.94. The standard InChI is InChI=1S/C10H13N5O4.O5P2/c11-8-5-9(13-2-12-8)15(3-14-5)10-7(18)6(17)4(1-16)19-10;1-6(2)5-7(3)4/h2-4,6-7,10,16-18H,1H2,(H2,11,12,13);/p+2/t4-,6-,7-,10-;/m1./s1. The van der Waals surface area contributed by atoms with E-state index in [0.29, 0.717) is 11.2 Å². The molecule has 0 aromatic carbocycles. The number of hydrogen-bond acceptors (Lipinski definition) is 11. The highest BCUT2D eigenvalue weighted by Gasteiger charge is 2.44. The Labute approximate surface area is 146 Å². The van der Waals surface area contributed by atoms with Gasteiger partial charge in [0, 0.05) is 9.13 Å². The first-order chi connectivity index (χ1) is 12.3. The van der Waals surface area contributed by atoms with Gasteiger partial charge in [0.2, 0.25) is 0 Å². The highest BCUT2D eigenvalue weighted by atomic mass is 31.2. The lowest BCUT2D eigenvalue weighted by Crippen LogP contribution is -2.33. The van der Waals surface area contributed by atoms with Gasteiger partial charge in [-0.2, -0.15) is 0 Å². The fourth-order valence-electron chi connectivity index (χ4n) is 2.23. The van der Waals surface area contributed by atoms with Gasteiger partial charge in [-0.3, -0.25) is 4.57 Å². The van der Waals surface area contributed by atoms with Crippen molar-refractivity contribution in [3.05, 3.63) is 12.7 Å². The van der Waals surface area contributed by atoms with Gasteiger partial charge < -0.3 is 25.8 Å². The molecule has 3 rings (SSSR count). The van der Waals surface area contributed by atoms with Crippen molar-refractivity contribution in [3.8, 4) is 0 Å². The van der Waals surface area contributed by atoms with Gasteiger partial charge in [-0.25, -0.2) is 15.0 Å². The van der Waals surface area contributed by atoms with E-state index in [1.807, 2.05) is 0 Å². The van der Waals surface area contributed by atoms with Crippen LogP contribution in [-0.2, 0) is 18.2 Å². The van der Waals surface area contributed by atoms with E-state index in [2.05, 4.69) is 19.3 Å².